The molecule has 0 radical (unpaired) electrons. The molecule has 21 heavy (non-hydrogen) atoms. The largest absolute Gasteiger partial charge is 0.380 e. The van der Waals surface area contributed by atoms with Crippen molar-refractivity contribution in [2.24, 2.45) is 0 Å². The van der Waals surface area contributed by atoms with Crippen molar-refractivity contribution in [1.29, 1.82) is 0 Å². The maximum absolute atomic E-state index is 5.57. The average Bonchev–Trinajstić information content (AvgIpc) is 2.82. The highest BCUT2D eigenvalue weighted by molar-refractivity contribution is 9.10. The molecule has 1 aliphatic carbocycles. The number of ether oxygens (including phenoxy) is 1. The maximum atomic E-state index is 5.57. The molecule has 0 saturated carbocycles. The number of nitrogens with zero attached hydrogens (tertiary/aromatic N) is 1. The number of benzene rings is 1. The van der Waals surface area contributed by atoms with Crippen molar-refractivity contribution in [2.45, 2.75) is 26.3 Å². The summed E-state index contributed by atoms with van der Waals surface area (Å²) in [5.41, 5.74) is 5.27. The molecule has 0 spiro atoms. The van der Waals surface area contributed by atoms with E-state index in [-0.39, 0.29) is 0 Å². The van der Waals surface area contributed by atoms with Crippen molar-refractivity contribution in [1.82, 2.24) is 4.57 Å². The summed E-state index contributed by atoms with van der Waals surface area (Å²) in [6.07, 6.45) is 6.74. The Morgan fingerprint density at radius 2 is 2.05 bits per heavy atom. The summed E-state index contributed by atoms with van der Waals surface area (Å²) in [5, 5.41) is 0. The molecule has 1 heterocycles. The highest BCUT2D eigenvalue weighted by Crippen LogP contribution is 2.38. The van der Waals surface area contributed by atoms with Crippen LogP contribution in [0.4, 0.5) is 0 Å². The summed E-state index contributed by atoms with van der Waals surface area (Å²) in [6, 6.07) is 10.6. The first-order valence-corrected chi connectivity index (χ1v) is 8.32. The van der Waals surface area contributed by atoms with Crippen LogP contribution in [0, 0.1) is 0 Å². The number of aromatic nitrogens is 1. The predicted molar refractivity (Wildman–Crippen MR) is 91.4 cm³/mol. The predicted octanol–water partition coefficient (Wildman–Crippen LogP) is 4.91. The van der Waals surface area contributed by atoms with Crippen LogP contribution in [0.15, 0.2) is 40.9 Å². The zero-order valence-electron chi connectivity index (χ0n) is 12.3. The Hall–Kier alpha value is -1.32. The fraction of sp³-hybridized carbons (Fsp3) is 0.333. The van der Waals surface area contributed by atoms with Crippen molar-refractivity contribution in [2.75, 3.05) is 13.2 Å². The summed E-state index contributed by atoms with van der Waals surface area (Å²) < 4.78 is 9.20. The van der Waals surface area contributed by atoms with Gasteiger partial charge in [0.25, 0.3) is 0 Å². The standard InChI is InChI=1S/C18H20BrNO/c1-2-21-13-12-20-16-11-7-6-10-15(16)17(19)18(20)14-8-4-3-5-9-14/h3-5,7-9,11H,2,6,10,12-13H2,1H3. The molecule has 0 bridgehead atoms. The van der Waals surface area contributed by atoms with Crippen molar-refractivity contribution in [3.05, 3.63) is 52.1 Å². The van der Waals surface area contributed by atoms with Crippen molar-refractivity contribution < 1.29 is 4.74 Å². The van der Waals surface area contributed by atoms with Gasteiger partial charge in [-0.2, -0.15) is 0 Å². The lowest BCUT2D eigenvalue weighted by molar-refractivity contribution is 0.139. The van der Waals surface area contributed by atoms with Crippen molar-refractivity contribution in [3.8, 4) is 11.3 Å². The normalized spacial score (nSPS) is 13.4. The smallest absolute Gasteiger partial charge is 0.0645 e. The third-order valence-corrected chi connectivity index (χ3v) is 4.74. The van der Waals surface area contributed by atoms with E-state index in [4.69, 9.17) is 4.74 Å². The minimum atomic E-state index is 0.748. The molecule has 2 aromatic rings. The molecule has 3 heteroatoms. The van der Waals surface area contributed by atoms with Gasteiger partial charge in [-0.3, -0.25) is 0 Å². The van der Waals surface area contributed by atoms with E-state index in [1.165, 1.54) is 27.0 Å². The van der Waals surface area contributed by atoms with Gasteiger partial charge < -0.3 is 9.30 Å². The first-order valence-electron chi connectivity index (χ1n) is 7.53. The van der Waals surface area contributed by atoms with E-state index in [0.717, 1.165) is 32.6 Å². The van der Waals surface area contributed by atoms with Crippen LogP contribution >= 0.6 is 15.9 Å². The van der Waals surface area contributed by atoms with Crippen molar-refractivity contribution in [3.63, 3.8) is 0 Å². The highest BCUT2D eigenvalue weighted by Gasteiger charge is 2.21. The van der Waals surface area contributed by atoms with Gasteiger partial charge in [0.15, 0.2) is 0 Å². The average molecular weight is 346 g/mol. The number of hydrogen-bond donors (Lipinski definition) is 0. The molecule has 0 amide bonds. The van der Waals surface area contributed by atoms with E-state index in [1.807, 2.05) is 6.92 Å². The minimum absolute atomic E-state index is 0.748. The first-order chi connectivity index (χ1) is 10.3. The molecular formula is C18H20BrNO. The van der Waals surface area contributed by atoms with Crippen molar-refractivity contribution >= 4 is 22.0 Å². The first kappa shape index (κ1) is 14.6. The molecule has 110 valence electrons. The zero-order valence-corrected chi connectivity index (χ0v) is 13.9. The van der Waals surface area contributed by atoms with Gasteiger partial charge in [-0.15, -0.1) is 0 Å². The second-order valence-electron chi connectivity index (χ2n) is 5.18. The molecule has 0 atom stereocenters. The second-order valence-corrected chi connectivity index (χ2v) is 5.98. The Morgan fingerprint density at radius 1 is 1.24 bits per heavy atom. The van der Waals surface area contributed by atoms with Gasteiger partial charge in [0.2, 0.25) is 0 Å². The molecule has 0 fully saturated rings. The van der Waals surface area contributed by atoms with Gasteiger partial charge in [-0.05, 0) is 52.9 Å². The summed E-state index contributed by atoms with van der Waals surface area (Å²) in [5.74, 6) is 0. The molecule has 3 rings (SSSR count). The molecule has 1 aliphatic rings. The third-order valence-electron chi connectivity index (χ3n) is 3.89. The lowest BCUT2D eigenvalue weighted by Crippen LogP contribution is -2.09. The lowest BCUT2D eigenvalue weighted by Gasteiger charge is -2.14. The number of allylic oxidation sites excluding steroid dienone is 1. The van der Waals surface area contributed by atoms with Gasteiger partial charge in [0, 0.05) is 23.3 Å². The Labute approximate surface area is 134 Å². The zero-order chi connectivity index (χ0) is 14.7. The van der Waals surface area contributed by atoms with E-state index in [9.17, 15) is 0 Å². The number of rotatable bonds is 5. The molecule has 2 nitrogen and oxygen atoms in total. The highest BCUT2D eigenvalue weighted by atomic mass is 79.9. The number of hydrogen-bond acceptors (Lipinski definition) is 1. The van der Waals surface area contributed by atoms with Gasteiger partial charge in [-0.1, -0.05) is 36.4 Å². The second kappa shape index (κ2) is 6.63. The molecule has 1 aromatic heterocycles. The van der Waals surface area contributed by atoms with Gasteiger partial charge in [0.1, 0.15) is 0 Å². The molecule has 0 N–H and O–H groups in total. The Balaban J connectivity index is 2.09. The van der Waals surface area contributed by atoms with Gasteiger partial charge in [-0.25, -0.2) is 0 Å². The van der Waals surface area contributed by atoms with Gasteiger partial charge >= 0.3 is 0 Å². The minimum Gasteiger partial charge on any atom is -0.380 e. The van der Waals surface area contributed by atoms with Gasteiger partial charge in [0.05, 0.1) is 12.3 Å². The van der Waals surface area contributed by atoms with Crippen LogP contribution in [0.1, 0.15) is 24.6 Å². The van der Waals surface area contributed by atoms with E-state index in [1.54, 1.807) is 0 Å². The Bertz CT molecular complexity index is 643. The van der Waals surface area contributed by atoms with Crippen LogP contribution in [0.3, 0.4) is 0 Å². The monoisotopic (exact) mass is 345 g/mol. The lowest BCUT2D eigenvalue weighted by atomic mass is 10.0. The summed E-state index contributed by atoms with van der Waals surface area (Å²) in [4.78, 5) is 0. The molecule has 0 saturated heterocycles. The van der Waals surface area contributed by atoms with E-state index in [2.05, 4.69) is 63.0 Å². The van der Waals surface area contributed by atoms with E-state index < -0.39 is 0 Å². The Morgan fingerprint density at radius 3 is 2.81 bits per heavy atom. The fourth-order valence-corrected chi connectivity index (χ4v) is 3.76. The van der Waals surface area contributed by atoms with Crippen LogP contribution in [-0.2, 0) is 17.7 Å². The van der Waals surface area contributed by atoms with Crippen LogP contribution in [-0.4, -0.2) is 17.8 Å². The van der Waals surface area contributed by atoms with Crippen LogP contribution < -0.4 is 0 Å². The van der Waals surface area contributed by atoms with E-state index in [0.29, 0.717) is 0 Å². The number of halogens is 1. The topological polar surface area (TPSA) is 14.2 Å². The fourth-order valence-electron chi connectivity index (χ4n) is 2.92. The van der Waals surface area contributed by atoms with Crippen LogP contribution in [0.25, 0.3) is 17.3 Å². The van der Waals surface area contributed by atoms with Crippen LogP contribution in [0.2, 0.25) is 0 Å². The molecule has 0 unspecified atom stereocenters. The third kappa shape index (κ3) is 2.85. The quantitative estimate of drug-likeness (QED) is 0.702. The summed E-state index contributed by atoms with van der Waals surface area (Å²) in [7, 11) is 0. The Kier molecular flexibility index (Phi) is 4.61. The molecule has 0 aliphatic heterocycles. The SMILES string of the molecule is CCOCCn1c2c(c(Br)c1-c1ccccc1)CCC=C2. The number of fused-ring (bicyclic) bond motifs is 1. The molecular weight excluding hydrogens is 326 g/mol. The van der Waals surface area contributed by atoms with E-state index >= 15 is 0 Å². The van der Waals surface area contributed by atoms with Crippen LogP contribution in [0.5, 0.6) is 0 Å². The summed E-state index contributed by atoms with van der Waals surface area (Å²) in [6.45, 7) is 4.44. The molecule has 1 aromatic carbocycles. The summed E-state index contributed by atoms with van der Waals surface area (Å²) >= 11 is 3.84. The maximum Gasteiger partial charge on any atom is 0.0645 e.